The molecule has 0 radical (unpaired) electrons. The van der Waals surface area contributed by atoms with Crippen LogP contribution in [0.25, 0.3) is 0 Å². The molecule has 1 N–H and O–H groups in total. The fraction of sp³-hybridized carbons (Fsp3) is 0.842. The van der Waals surface area contributed by atoms with Crippen LogP contribution in [0.3, 0.4) is 0 Å². The van der Waals surface area contributed by atoms with Gasteiger partial charge in [0.25, 0.3) is 10.1 Å². The molecular weight excluding hydrogens is 567 g/mol. The van der Waals surface area contributed by atoms with E-state index in [1.54, 1.807) is 6.07 Å². The molecule has 254 valence electrons. The molecule has 5 heteroatoms. The van der Waals surface area contributed by atoms with E-state index >= 15 is 0 Å². The molecule has 0 aliphatic heterocycles. The van der Waals surface area contributed by atoms with Crippen LogP contribution in [0.4, 0.5) is 0 Å². The standard InChI is InChI=1S/C38H70O3S.H3P/c1-5-8-11-14-16-18-19-20-21-23-25-28-31-36-35(30-27-13-10-7-3)32-33-37(42(39,40)41)38(36)34(4)29-26-24-22-17-15-12-9-6-2;/h32-34H,5-31H2,1-4H3,(H,39,40,41);1H3. The second kappa shape index (κ2) is 27.8. The van der Waals surface area contributed by atoms with Gasteiger partial charge in [0.15, 0.2) is 0 Å². The highest BCUT2D eigenvalue weighted by Gasteiger charge is 2.24. The first-order valence-electron chi connectivity index (χ1n) is 18.5. The molecule has 0 aliphatic carbocycles. The van der Waals surface area contributed by atoms with E-state index in [-0.39, 0.29) is 20.7 Å². The van der Waals surface area contributed by atoms with Crippen LogP contribution < -0.4 is 0 Å². The normalized spacial score (nSPS) is 12.4. The van der Waals surface area contributed by atoms with Crippen LogP contribution in [0.2, 0.25) is 0 Å². The summed E-state index contributed by atoms with van der Waals surface area (Å²) < 4.78 is 35.3. The molecule has 0 amide bonds. The van der Waals surface area contributed by atoms with Gasteiger partial charge in [-0.05, 0) is 60.8 Å². The molecular formula is C38H73O3PS. The molecule has 43 heavy (non-hydrogen) atoms. The largest absolute Gasteiger partial charge is 0.294 e. The van der Waals surface area contributed by atoms with Crippen molar-refractivity contribution in [1.29, 1.82) is 0 Å². The molecule has 1 aromatic rings. The molecule has 1 aromatic carbocycles. The third-order valence-electron chi connectivity index (χ3n) is 9.26. The summed E-state index contributed by atoms with van der Waals surface area (Å²) in [6.45, 7) is 8.97. The minimum absolute atomic E-state index is 0. The summed E-state index contributed by atoms with van der Waals surface area (Å²) in [7, 11) is -4.25. The van der Waals surface area contributed by atoms with E-state index in [9.17, 15) is 13.0 Å². The van der Waals surface area contributed by atoms with Gasteiger partial charge in [-0.1, -0.05) is 175 Å². The lowest BCUT2D eigenvalue weighted by Crippen LogP contribution is -2.12. The smallest absolute Gasteiger partial charge is 0.282 e. The molecule has 0 aliphatic rings. The fourth-order valence-corrected chi connectivity index (χ4v) is 7.44. The number of hydrogen-bond donors (Lipinski definition) is 1. The maximum atomic E-state index is 12.6. The zero-order valence-corrected chi connectivity index (χ0v) is 31.4. The number of rotatable bonds is 29. The Labute approximate surface area is 272 Å². The van der Waals surface area contributed by atoms with E-state index in [4.69, 9.17) is 0 Å². The summed E-state index contributed by atoms with van der Waals surface area (Å²) in [6.07, 6.45) is 33.8. The van der Waals surface area contributed by atoms with Gasteiger partial charge in [-0.15, -0.1) is 0 Å². The van der Waals surface area contributed by atoms with E-state index in [2.05, 4.69) is 27.7 Å². The van der Waals surface area contributed by atoms with E-state index in [0.717, 1.165) is 44.1 Å². The van der Waals surface area contributed by atoms with E-state index in [1.165, 1.54) is 146 Å². The summed E-state index contributed by atoms with van der Waals surface area (Å²) in [4.78, 5) is 0.167. The lowest BCUT2D eigenvalue weighted by atomic mass is 9.85. The van der Waals surface area contributed by atoms with Crippen LogP contribution in [0.15, 0.2) is 17.0 Å². The highest BCUT2D eigenvalue weighted by Crippen LogP contribution is 2.35. The Morgan fingerprint density at radius 3 is 1.37 bits per heavy atom. The molecule has 0 saturated carbocycles. The predicted molar refractivity (Wildman–Crippen MR) is 196 cm³/mol. The van der Waals surface area contributed by atoms with Gasteiger partial charge in [0.05, 0.1) is 4.90 Å². The lowest BCUT2D eigenvalue weighted by Gasteiger charge is -2.23. The molecule has 0 bridgehead atoms. The Bertz CT molecular complexity index is 883. The monoisotopic (exact) mass is 641 g/mol. The van der Waals surface area contributed by atoms with Crippen LogP contribution in [0.1, 0.15) is 211 Å². The van der Waals surface area contributed by atoms with Crippen molar-refractivity contribution < 1.29 is 13.0 Å². The molecule has 2 atom stereocenters. The quantitative estimate of drug-likeness (QED) is 0.0538. The van der Waals surface area contributed by atoms with Gasteiger partial charge in [0, 0.05) is 0 Å². The summed E-state index contributed by atoms with van der Waals surface area (Å²) >= 11 is 0. The van der Waals surface area contributed by atoms with Gasteiger partial charge in [0.1, 0.15) is 0 Å². The van der Waals surface area contributed by atoms with Gasteiger partial charge >= 0.3 is 0 Å². The maximum Gasteiger partial charge on any atom is 0.294 e. The Morgan fingerprint density at radius 1 is 0.558 bits per heavy atom. The number of aryl methyl sites for hydroxylation is 1. The third-order valence-corrected chi connectivity index (χ3v) is 10.2. The molecule has 2 unspecified atom stereocenters. The van der Waals surface area contributed by atoms with Crippen LogP contribution in [0, 0.1) is 0 Å². The Kier molecular flexibility index (Phi) is 27.6. The van der Waals surface area contributed by atoms with Crippen molar-refractivity contribution >= 4 is 20.0 Å². The molecule has 0 saturated heterocycles. The van der Waals surface area contributed by atoms with Crippen LogP contribution in [-0.2, 0) is 23.0 Å². The van der Waals surface area contributed by atoms with Crippen molar-refractivity contribution in [2.75, 3.05) is 0 Å². The van der Waals surface area contributed by atoms with Gasteiger partial charge in [-0.2, -0.15) is 18.3 Å². The number of unbranched alkanes of at least 4 members (excludes halogenated alkanes) is 21. The second-order valence-corrected chi connectivity index (χ2v) is 14.6. The summed E-state index contributed by atoms with van der Waals surface area (Å²) in [5.41, 5.74) is 3.48. The van der Waals surface area contributed by atoms with Gasteiger partial charge in [-0.3, -0.25) is 4.55 Å². The van der Waals surface area contributed by atoms with Crippen molar-refractivity contribution in [2.45, 2.75) is 212 Å². The van der Waals surface area contributed by atoms with Crippen molar-refractivity contribution in [3.05, 3.63) is 28.8 Å². The average Bonchev–Trinajstić information content (AvgIpc) is 2.96. The predicted octanol–water partition coefficient (Wildman–Crippen LogP) is 13.0. The molecule has 1 rings (SSSR count). The first kappa shape index (κ1) is 42.6. The zero-order chi connectivity index (χ0) is 30.9. The van der Waals surface area contributed by atoms with Crippen LogP contribution in [0.5, 0.6) is 0 Å². The average molecular weight is 641 g/mol. The molecule has 0 aromatic heterocycles. The molecule has 0 spiro atoms. The van der Waals surface area contributed by atoms with Gasteiger partial charge in [0.2, 0.25) is 0 Å². The topological polar surface area (TPSA) is 54.4 Å². The van der Waals surface area contributed by atoms with Crippen molar-refractivity contribution in [3.8, 4) is 0 Å². The van der Waals surface area contributed by atoms with E-state index in [0.29, 0.717) is 0 Å². The highest BCUT2D eigenvalue weighted by molar-refractivity contribution is 7.85. The first-order valence-corrected chi connectivity index (χ1v) is 19.9. The van der Waals surface area contributed by atoms with Crippen LogP contribution >= 0.6 is 9.90 Å². The van der Waals surface area contributed by atoms with Crippen molar-refractivity contribution in [3.63, 3.8) is 0 Å². The van der Waals surface area contributed by atoms with Gasteiger partial charge in [-0.25, -0.2) is 0 Å². The second-order valence-electron chi connectivity index (χ2n) is 13.2. The summed E-state index contributed by atoms with van der Waals surface area (Å²) in [5.74, 6) is 0.143. The molecule has 0 fully saturated rings. The minimum Gasteiger partial charge on any atom is -0.282 e. The summed E-state index contributed by atoms with van der Waals surface area (Å²) in [6, 6.07) is 3.72. The Morgan fingerprint density at radius 2 is 0.930 bits per heavy atom. The van der Waals surface area contributed by atoms with Crippen molar-refractivity contribution in [2.24, 2.45) is 0 Å². The van der Waals surface area contributed by atoms with E-state index in [1.807, 2.05) is 6.07 Å². The summed E-state index contributed by atoms with van der Waals surface area (Å²) in [5, 5.41) is 0. The first-order chi connectivity index (χ1) is 20.4. The lowest BCUT2D eigenvalue weighted by molar-refractivity contribution is 0.478. The van der Waals surface area contributed by atoms with E-state index < -0.39 is 10.1 Å². The minimum atomic E-state index is -4.25. The van der Waals surface area contributed by atoms with Crippen molar-refractivity contribution in [1.82, 2.24) is 0 Å². The molecule has 3 nitrogen and oxygen atoms in total. The maximum absolute atomic E-state index is 12.6. The zero-order valence-electron chi connectivity index (χ0n) is 29.2. The Balaban J connectivity index is 0.0000176. The highest BCUT2D eigenvalue weighted by atomic mass is 32.2. The van der Waals surface area contributed by atoms with Crippen LogP contribution in [-0.4, -0.2) is 13.0 Å². The number of benzene rings is 1. The van der Waals surface area contributed by atoms with Gasteiger partial charge < -0.3 is 0 Å². The molecule has 0 heterocycles. The number of hydrogen-bond acceptors (Lipinski definition) is 2. The third kappa shape index (κ3) is 20.3. The Hall–Kier alpha value is -0.440. The SMILES string of the molecule is CCCCCCCCCCCCCCc1c(CCCCCC)ccc(S(=O)(=O)O)c1C(C)CCCCCCCCCC.P. The fourth-order valence-electron chi connectivity index (χ4n) is 6.60.